The molecule has 0 radical (unpaired) electrons. The molecule has 2 heterocycles. The molecule has 4 rings (SSSR count). The lowest BCUT2D eigenvalue weighted by molar-refractivity contribution is -0.159. The van der Waals surface area contributed by atoms with Crippen LogP contribution < -0.4 is 10.6 Å². The van der Waals surface area contributed by atoms with Crippen LogP contribution in [0.3, 0.4) is 0 Å². The Bertz CT molecular complexity index is 1190. The van der Waals surface area contributed by atoms with Gasteiger partial charge in [0, 0.05) is 29.9 Å². The van der Waals surface area contributed by atoms with Crippen LogP contribution in [0.5, 0.6) is 0 Å². The number of hydrogen-bond acceptors (Lipinski definition) is 5. The minimum atomic E-state index is -4.72. The highest BCUT2D eigenvalue weighted by Gasteiger charge is 2.38. The largest absolute Gasteiger partial charge is 0.471 e. The van der Waals surface area contributed by atoms with Crippen molar-refractivity contribution in [3.63, 3.8) is 0 Å². The molecule has 2 aromatic carbocycles. The first-order chi connectivity index (χ1) is 16.7. The van der Waals surface area contributed by atoms with Crippen LogP contribution in [0.1, 0.15) is 41.1 Å². The average Bonchev–Trinajstić information content (AvgIpc) is 3.35. The molecule has 184 valence electrons. The number of carbonyl (C=O) groups excluding carboxylic acids is 2. The van der Waals surface area contributed by atoms with E-state index in [-0.39, 0.29) is 23.8 Å². The number of nitrogens with zero attached hydrogens (tertiary/aromatic N) is 3. The van der Waals surface area contributed by atoms with E-state index < -0.39 is 12.1 Å². The maximum atomic E-state index is 13.0. The number of nitrogens with one attached hydrogen (secondary N) is 2. The molecule has 0 spiro atoms. The van der Waals surface area contributed by atoms with Crippen molar-refractivity contribution in [2.24, 2.45) is 0 Å². The number of halogens is 3. The standard InChI is InChI=1S/C24H24F3N5O3/c1-15-6-2-3-8-19(15)21(33)28-14-18-7-4-5-13-32(18)23(34)29-17-11-9-16(10-12-17)20-30-22(35-31-20)24(25,26)27/h2-3,6,8-12,18H,4-5,7,13-14H2,1H3,(H,28,33)(H,29,34). The van der Waals surface area contributed by atoms with Gasteiger partial charge in [0.2, 0.25) is 5.82 Å². The molecule has 1 fully saturated rings. The fraction of sp³-hybridized carbons (Fsp3) is 0.333. The van der Waals surface area contributed by atoms with Crippen molar-refractivity contribution in [3.05, 3.63) is 65.5 Å². The highest BCUT2D eigenvalue weighted by Crippen LogP contribution is 2.29. The summed E-state index contributed by atoms with van der Waals surface area (Å²) in [7, 11) is 0. The van der Waals surface area contributed by atoms with Gasteiger partial charge in [0.05, 0.1) is 6.04 Å². The molecule has 11 heteroatoms. The van der Waals surface area contributed by atoms with E-state index in [4.69, 9.17) is 0 Å². The molecule has 0 bridgehead atoms. The summed E-state index contributed by atoms with van der Waals surface area (Å²) in [4.78, 5) is 30.6. The molecule has 1 aromatic heterocycles. The van der Waals surface area contributed by atoms with Gasteiger partial charge in [-0.3, -0.25) is 4.79 Å². The van der Waals surface area contributed by atoms with E-state index in [0.717, 1.165) is 24.8 Å². The third-order valence-corrected chi connectivity index (χ3v) is 5.84. The number of likely N-dealkylation sites (tertiary alicyclic amines) is 1. The van der Waals surface area contributed by atoms with Crippen LogP contribution in [-0.2, 0) is 6.18 Å². The quantitative estimate of drug-likeness (QED) is 0.534. The molecule has 0 aliphatic carbocycles. The van der Waals surface area contributed by atoms with Gasteiger partial charge in [-0.2, -0.15) is 18.2 Å². The van der Waals surface area contributed by atoms with Gasteiger partial charge < -0.3 is 20.1 Å². The summed E-state index contributed by atoms with van der Waals surface area (Å²) in [5.41, 5.74) is 2.26. The molecule has 35 heavy (non-hydrogen) atoms. The lowest BCUT2D eigenvalue weighted by Crippen LogP contribution is -2.50. The Balaban J connectivity index is 1.37. The van der Waals surface area contributed by atoms with Gasteiger partial charge in [0.15, 0.2) is 0 Å². The minimum Gasteiger partial charge on any atom is -0.350 e. The number of aromatic nitrogens is 2. The molecular formula is C24H24F3N5O3. The van der Waals surface area contributed by atoms with Gasteiger partial charge in [-0.15, -0.1) is 0 Å². The van der Waals surface area contributed by atoms with Gasteiger partial charge in [0.25, 0.3) is 5.91 Å². The third-order valence-electron chi connectivity index (χ3n) is 5.84. The lowest BCUT2D eigenvalue weighted by Gasteiger charge is -2.35. The predicted octanol–water partition coefficient (Wildman–Crippen LogP) is 4.88. The zero-order valence-electron chi connectivity index (χ0n) is 18.9. The molecule has 2 N–H and O–H groups in total. The van der Waals surface area contributed by atoms with E-state index in [1.165, 1.54) is 12.1 Å². The summed E-state index contributed by atoms with van der Waals surface area (Å²) in [5.74, 6) is -1.80. The van der Waals surface area contributed by atoms with Gasteiger partial charge in [-0.1, -0.05) is 23.4 Å². The van der Waals surface area contributed by atoms with Crippen molar-refractivity contribution >= 4 is 17.6 Å². The van der Waals surface area contributed by atoms with E-state index in [9.17, 15) is 22.8 Å². The highest BCUT2D eigenvalue weighted by molar-refractivity contribution is 5.95. The SMILES string of the molecule is Cc1ccccc1C(=O)NCC1CCCCN1C(=O)Nc1ccc(-c2noc(C(F)(F)F)n2)cc1. The molecule has 3 amide bonds. The Hall–Kier alpha value is -3.89. The van der Waals surface area contributed by atoms with Crippen molar-refractivity contribution < 1.29 is 27.3 Å². The first kappa shape index (κ1) is 24.2. The zero-order chi connectivity index (χ0) is 25.0. The molecule has 1 atom stereocenters. The van der Waals surface area contributed by atoms with E-state index in [0.29, 0.717) is 29.9 Å². The van der Waals surface area contributed by atoms with Crippen molar-refractivity contribution in [2.45, 2.75) is 38.4 Å². The molecule has 1 aliphatic heterocycles. The Morgan fingerprint density at radius 1 is 1.11 bits per heavy atom. The number of alkyl halides is 3. The number of anilines is 1. The Morgan fingerprint density at radius 3 is 2.54 bits per heavy atom. The second-order valence-electron chi connectivity index (χ2n) is 8.30. The minimum absolute atomic E-state index is 0.156. The molecular weight excluding hydrogens is 463 g/mol. The second kappa shape index (κ2) is 10.2. The van der Waals surface area contributed by atoms with Crippen LogP contribution in [0, 0.1) is 6.92 Å². The van der Waals surface area contributed by atoms with Gasteiger partial charge in [-0.25, -0.2) is 4.79 Å². The number of hydrogen-bond donors (Lipinski definition) is 2. The zero-order valence-corrected chi connectivity index (χ0v) is 18.9. The topological polar surface area (TPSA) is 100 Å². The lowest BCUT2D eigenvalue weighted by atomic mass is 10.0. The van der Waals surface area contributed by atoms with Crippen molar-refractivity contribution in [3.8, 4) is 11.4 Å². The van der Waals surface area contributed by atoms with Crippen LogP contribution in [0.4, 0.5) is 23.7 Å². The molecule has 1 unspecified atom stereocenters. The summed E-state index contributed by atoms with van der Waals surface area (Å²) < 4.78 is 42.2. The average molecular weight is 487 g/mol. The van der Waals surface area contributed by atoms with Crippen LogP contribution in [0.25, 0.3) is 11.4 Å². The highest BCUT2D eigenvalue weighted by atomic mass is 19.4. The number of carbonyl (C=O) groups is 2. The van der Waals surface area contributed by atoms with Crippen molar-refractivity contribution in [1.82, 2.24) is 20.4 Å². The molecule has 0 saturated carbocycles. The van der Waals surface area contributed by atoms with Gasteiger partial charge in [-0.05, 0) is 62.1 Å². The molecule has 1 saturated heterocycles. The Kier molecular flexibility index (Phi) is 7.04. The smallest absolute Gasteiger partial charge is 0.350 e. The summed E-state index contributed by atoms with van der Waals surface area (Å²) >= 11 is 0. The first-order valence-corrected chi connectivity index (χ1v) is 11.1. The summed E-state index contributed by atoms with van der Waals surface area (Å²) in [6.07, 6.45) is -2.15. The van der Waals surface area contributed by atoms with E-state index in [1.807, 2.05) is 25.1 Å². The number of rotatable bonds is 5. The van der Waals surface area contributed by atoms with E-state index in [1.54, 1.807) is 23.1 Å². The Labute approximate surface area is 199 Å². The first-order valence-electron chi connectivity index (χ1n) is 11.1. The van der Waals surface area contributed by atoms with Crippen LogP contribution in [0.2, 0.25) is 0 Å². The van der Waals surface area contributed by atoms with Crippen LogP contribution in [0.15, 0.2) is 53.1 Å². The number of aryl methyl sites for hydroxylation is 1. The number of urea groups is 1. The Morgan fingerprint density at radius 2 is 1.86 bits per heavy atom. The number of benzene rings is 2. The van der Waals surface area contributed by atoms with Gasteiger partial charge >= 0.3 is 18.1 Å². The molecule has 8 nitrogen and oxygen atoms in total. The third kappa shape index (κ3) is 5.79. The maximum absolute atomic E-state index is 13.0. The molecule has 3 aromatic rings. The second-order valence-corrected chi connectivity index (χ2v) is 8.30. The number of amides is 3. The monoisotopic (exact) mass is 487 g/mol. The van der Waals surface area contributed by atoms with Crippen LogP contribution in [-0.4, -0.2) is 46.1 Å². The fourth-order valence-corrected chi connectivity index (χ4v) is 3.97. The van der Waals surface area contributed by atoms with Crippen molar-refractivity contribution in [2.75, 3.05) is 18.4 Å². The normalized spacial score (nSPS) is 16.1. The maximum Gasteiger partial charge on any atom is 0.471 e. The van der Waals surface area contributed by atoms with Crippen LogP contribution >= 0.6 is 0 Å². The van der Waals surface area contributed by atoms with Crippen molar-refractivity contribution in [1.29, 1.82) is 0 Å². The fourth-order valence-electron chi connectivity index (χ4n) is 3.97. The van der Waals surface area contributed by atoms with Gasteiger partial charge in [0.1, 0.15) is 0 Å². The summed E-state index contributed by atoms with van der Waals surface area (Å²) in [6, 6.07) is 12.9. The molecule has 1 aliphatic rings. The summed E-state index contributed by atoms with van der Waals surface area (Å²) in [6.45, 7) is 2.76. The summed E-state index contributed by atoms with van der Waals surface area (Å²) in [5, 5.41) is 9.09. The van der Waals surface area contributed by atoms with E-state index >= 15 is 0 Å². The predicted molar refractivity (Wildman–Crippen MR) is 122 cm³/mol. The van der Waals surface area contributed by atoms with E-state index in [2.05, 4.69) is 25.3 Å². The number of piperidine rings is 1.